The molecule has 3 aromatic rings. The summed E-state index contributed by atoms with van der Waals surface area (Å²) in [5.41, 5.74) is 0.808. The molecule has 0 saturated heterocycles. The average molecular weight is 497 g/mol. The predicted molar refractivity (Wildman–Crippen MR) is 134 cm³/mol. The second-order valence-corrected chi connectivity index (χ2v) is 9.44. The number of benzene rings is 2. The van der Waals surface area contributed by atoms with E-state index < -0.39 is 10.2 Å². The number of hydrogen-bond donors (Lipinski definition) is 2. The fourth-order valence-electron chi connectivity index (χ4n) is 3.41. The molecule has 1 heterocycles. The van der Waals surface area contributed by atoms with Crippen molar-refractivity contribution in [1.82, 2.24) is 20.1 Å². The van der Waals surface area contributed by atoms with E-state index in [0.29, 0.717) is 28.7 Å². The zero-order valence-corrected chi connectivity index (χ0v) is 20.8. The second-order valence-electron chi connectivity index (χ2n) is 8.27. The van der Waals surface area contributed by atoms with Crippen molar-refractivity contribution in [3.8, 4) is 0 Å². The van der Waals surface area contributed by atoms with Crippen LogP contribution in [0.25, 0.3) is 0 Å². The predicted octanol–water partition coefficient (Wildman–Crippen LogP) is 4.36. The Labute approximate surface area is 207 Å². The van der Waals surface area contributed by atoms with Gasteiger partial charge in [-0.25, -0.2) is 0 Å². The van der Waals surface area contributed by atoms with Crippen LogP contribution in [-0.4, -0.2) is 36.8 Å². The summed E-state index contributed by atoms with van der Waals surface area (Å²) in [5.74, 6) is 0.132. The molecule has 2 atom stereocenters. The maximum Gasteiger partial charge on any atom is 0.271 e. The Morgan fingerprint density at radius 1 is 1.11 bits per heavy atom. The van der Waals surface area contributed by atoms with Gasteiger partial charge in [0.2, 0.25) is 5.91 Å². The van der Waals surface area contributed by atoms with Crippen LogP contribution in [0.4, 0.5) is 11.4 Å². The fourth-order valence-corrected chi connectivity index (χ4v) is 4.34. The van der Waals surface area contributed by atoms with Crippen molar-refractivity contribution >= 4 is 35.0 Å². The third-order valence-corrected chi connectivity index (χ3v) is 6.77. The van der Waals surface area contributed by atoms with E-state index in [9.17, 15) is 19.7 Å². The van der Waals surface area contributed by atoms with Crippen LogP contribution in [0.15, 0.2) is 59.8 Å². The molecule has 0 unspecified atom stereocenters. The Bertz CT molecular complexity index is 1200. The van der Waals surface area contributed by atoms with Crippen molar-refractivity contribution in [2.24, 2.45) is 13.0 Å². The number of aromatic nitrogens is 3. The standard InChI is InChI=1S/C24H28N6O4S/c1-5-19(23(32)25-17-12-9-13-18(14-17)30(33)34)35-24-28-27-21(29(24)4)20(15(2)3)26-22(31)16-10-7-6-8-11-16/h6-15,19-20H,5H2,1-4H3,(H,25,32)(H,26,31)/t19-,20+/m0/s1. The Hall–Kier alpha value is -3.73. The number of thioether (sulfide) groups is 1. The summed E-state index contributed by atoms with van der Waals surface area (Å²) in [6.07, 6.45) is 0.506. The smallest absolute Gasteiger partial charge is 0.271 e. The van der Waals surface area contributed by atoms with Crippen LogP contribution in [0.3, 0.4) is 0 Å². The lowest BCUT2D eigenvalue weighted by molar-refractivity contribution is -0.384. The van der Waals surface area contributed by atoms with E-state index in [1.807, 2.05) is 26.8 Å². The topological polar surface area (TPSA) is 132 Å². The van der Waals surface area contributed by atoms with Crippen LogP contribution in [0.5, 0.6) is 0 Å². The molecular formula is C24H28N6O4S. The number of nitro groups is 1. The summed E-state index contributed by atoms with van der Waals surface area (Å²) in [6, 6.07) is 14.4. The van der Waals surface area contributed by atoms with Crippen LogP contribution in [0.2, 0.25) is 0 Å². The van der Waals surface area contributed by atoms with Gasteiger partial charge in [0.1, 0.15) is 0 Å². The number of amides is 2. The van der Waals surface area contributed by atoms with Crippen molar-refractivity contribution in [2.45, 2.75) is 43.6 Å². The molecule has 0 radical (unpaired) electrons. The maximum atomic E-state index is 12.9. The van der Waals surface area contributed by atoms with Gasteiger partial charge in [0.15, 0.2) is 11.0 Å². The van der Waals surface area contributed by atoms with Crippen LogP contribution in [-0.2, 0) is 11.8 Å². The van der Waals surface area contributed by atoms with Gasteiger partial charge in [-0.1, -0.05) is 56.8 Å². The number of hydrogen-bond acceptors (Lipinski definition) is 7. The third kappa shape index (κ3) is 6.44. The van der Waals surface area contributed by atoms with E-state index in [4.69, 9.17) is 0 Å². The van der Waals surface area contributed by atoms with Crippen LogP contribution < -0.4 is 10.6 Å². The lowest BCUT2D eigenvalue weighted by atomic mass is 10.0. The summed E-state index contributed by atoms with van der Waals surface area (Å²) in [4.78, 5) is 36.1. The summed E-state index contributed by atoms with van der Waals surface area (Å²) in [5, 5.41) is 25.4. The Morgan fingerprint density at radius 3 is 2.46 bits per heavy atom. The first kappa shape index (κ1) is 25.9. The monoisotopic (exact) mass is 496 g/mol. The molecule has 1 aromatic heterocycles. The van der Waals surface area contributed by atoms with Crippen LogP contribution >= 0.6 is 11.8 Å². The van der Waals surface area contributed by atoms with E-state index >= 15 is 0 Å². The zero-order valence-electron chi connectivity index (χ0n) is 20.0. The minimum atomic E-state index is -0.509. The highest BCUT2D eigenvalue weighted by molar-refractivity contribution is 8.00. The molecule has 0 spiro atoms. The van der Waals surface area contributed by atoms with Crippen molar-refractivity contribution in [1.29, 1.82) is 0 Å². The fraction of sp³-hybridized carbons (Fsp3) is 0.333. The number of nitro benzene ring substituents is 1. The van der Waals surface area contributed by atoms with Gasteiger partial charge in [-0.2, -0.15) is 0 Å². The number of anilines is 1. The minimum Gasteiger partial charge on any atom is -0.342 e. The van der Waals surface area contributed by atoms with Gasteiger partial charge in [0.25, 0.3) is 11.6 Å². The molecule has 0 aliphatic carbocycles. The molecule has 10 nitrogen and oxygen atoms in total. The maximum absolute atomic E-state index is 12.9. The van der Waals surface area contributed by atoms with Gasteiger partial charge in [-0.3, -0.25) is 19.7 Å². The van der Waals surface area contributed by atoms with E-state index in [0.717, 1.165) is 0 Å². The van der Waals surface area contributed by atoms with E-state index in [2.05, 4.69) is 20.8 Å². The van der Waals surface area contributed by atoms with E-state index in [-0.39, 0.29) is 29.5 Å². The van der Waals surface area contributed by atoms with Gasteiger partial charge in [-0.05, 0) is 30.5 Å². The lowest BCUT2D eigenvalue weighted by Crippen LogP contribution is -2.33. The first-order chi connectivity index (χ1) is 16.7. The van der Waals surface area contributed by atoms with Gasteiger partial charge in [-0.15, -0.1) is 10.2 Å². The molecule has 0 aliphatic heterocycles. The molecule has 3 rings (SSSR count). The first-order valence-corrected chi connectivity index (χ1v) is 12.1. The molecule has 2 N–H and O–H groups in total. The zero-order chi connectivity index (χ0) is 25.5. The summed E-state index contributed by atoms with van der Waals surface area (Å²) in [6.45, 7) is 5.84. The highest BCUT2D eigenvalue weighted by atomic mass is 32.2. The normalized spacial score (nSPS) is 12.7. The largest absolute Gasteiger partial charge is 0.342 e. The molecule has 0 fully saturated rings. The molecule has 2 aromatic carbocycles. The second kappa shape index (κ2) is 11.6. The molecule has 0 aliphatic rings. The van der Waals surface area contributed by atoms with Crippen LogP contribution in [0.1, 0.15) is 49.4 Å². The van der Waals surface area contributed by atoms with E-state index in [1.165, 1.54) is 30.0 Å². The summed E-state index contributed by atoms with van der Waals surface area (Å²) < 4.78 is 1.78. The summed E-state index contributed by atoms with van der Waals surface area (Å²) >= 11 is 1.25. The number of non-ortho nitro benzene ring substituents is 1. The lowest BCUT2D eigenvalue weighted by Gasteiger charge is -2.22. The third-order valence-electron chi connectivity index (χ3n) is 5.37. The van der Waals surface area contributed by atoms with Crippen molar-refractivity contribution < 1.29 is 14.5 Å². The number of nitrogens with one attached hydrogen (secondary N) is 2. The van der Waals surface area contributed by atoms with Crippen molar-refractivity contribution in [2.75, 3.05) is 5.32 Å². The summed E-state index contributed by atoms with van der Waals surface area (Å²) in [7, 11) is 1.80. The van der Waals surface area contributed by atoms with Gasteiger partial charge in [0, 0.05) is 30.4 Å². The molecule has 184 valence electrons. The molecule has 35 heavy (non-hydrogen) atoms. The van der Waals surface area contributed by atoms with Gasteiger partial charge in [0.05, 0.1) is 16.2 Å². The van der Waals surface area contributed by atoms with Gasteiger partial charge < -0.3 is 15.2 Å². The molecule has 0 saturated carbocycles. The quantitative estimate of drug-likeness (QED) is 0.242. The average Bonchev–Trinajstić information content (AvgIpc) is 3.20. The molecular weight excluding hydrogens is 468 g/mol. The highest BCUT2D eigenvalue weighted by Gasteiger charge is 2.27. The SMILES string of the molecule is CC[C@H](Sc1nnc([C@H](NC(=O)c2ccccc2)C(C)C)n1C)C(=O)Nc1cccc([N+](=O)[O-])c1. The Kier molecular flexibility index (Phi) is 8.58. The Balaban J connectivity index is 1.74. The molecule has 0 bridgehead atoms. The molecule has 11 heteroatoms. The van der Waals surface area contributed by atoms with Crippen molar-refractivity contribution in [3.05, 3.63) is 76.1 Å². The van der Waals surface area contributed by atoms with Gasteiger partial charge >= 0.3 is 0 Å². The number of rotatable bonds is 10. The first-order valence-electron chi connectivity index (χ1n) is 11.2. The Morgan fingerprint density at radius 2 is 1.83 bits per heavy atom. The number of nitrogens with zero attached hydrogens (tertiary/aromatic N) is 4. The minimum absolute atomic E-state index is 0.0440. The van der Waals surface area contributed by atoms with Crippen LogP contribution in [0, 0.1) is 16.0 Å². The van der Waals surface area contributed by atoms with Crippen molar-refractivity contribution in [3.63, 3.8) is 0 Å². The number of carbonyl (C=O) groups excluding carboxylic acids is 2. The highest BCUT2D eigenvalue weighted by Crippen LogP contribution is 2.29. The molecule has 2 amide bonds. The van der Waals surface area contributed by atoms with E-state index in [1.54, 1.807) is 41.9 Å². The number of carbonyl (C=O) groups is 2.